The van der Waals surface area contributed by atoms with Crippen LogP contribution in [0.5, 0.6) is 0 Å². The molecule has 0 bridgehead atoms. The van der Waals surface area contributed by atoms with E-state index in [4.69, 9.17) is 4.55 Å². The molecule has 0 amide bonds. The summed E-state index contributed by atoms with van der Waals surface area (Å²) in [6, 6.07) is 9.08. The molecule has 8 heteroatoms. The Morgan fingerprint density at radius 3 is 2.32 bits per heavy atom. The van der Waals surface area contributed by atoms with Crippen molar-refractivity contribution in [1.82, 2.24) is 9.36 Å². The molecule has 0 spiro atoms. The van der Waals surface area contributed by atoms with E-state index in [1.807, 2.05) is 32.0 Å². The van der Waals surface area contributed by atoms with Crippen LogP contribution in [0.4, 0.5) is 5.69 Å². The number of nitrogens with one attached hydrogen (secondary N) is 1. The molecule has 1 aromatic carbocycles. The van der Waals surface area contributed by atoms with Gasteiger partial charge in [-0.25, -0.2) is 4.68 Å². The highest BCUT2D eigenvalue weighted by atomic mass is 32.2. The zero-order valence-corrected chi connectivity index (χ0v) is 13.5. The second-order valence-electron chi connectivity index (χ2n) is 5.25. The topological polar surface area (TPSA) is 93.3 Å². The van der Waals surface area contributed by atoms with Gasteiger partial charge in [0.15, 0.2) is 0 Å². The van der Waals surface area contributed by atoms with Gasteiger partial charge in [0.25, 0.3) is 15.7 Å². The molecular formula is C14H19N3O4S. The van der Waals surface area contributed by atoms with Crippen molar-refractivity contribution in [1.29, 1.82) is 0 Å². The minimum Gasteiger partial charge on any atom is -0.364 e. The van der Waals surface area contributed by atoms with E-state index in [0.717, 1.165) is 0 Å². The van der Waals surface area contributed by atoms with E-state index in [1.165, 1.54) is 4.68 Å². The van der Waals surface area contributed by atoms with Crippen LogP contribution in [0.25, 0.3) is 5.69 Å². The Labute approximate surface area is 128 Å². The summed E-state index contributed by atoms with van der Waals surface area (Å²) in [4.78, 5) is 12.6. The van der Waals surface area contributed by atoms with Gasteiger partial charge < -0.3 is 5.32 Å². The lowest BCUT2D eigenvalue weighted by Gasteiger charge is -2.16. The van der Waals surface area contributed by atoms with Gasteiger partial charge in [0.05, 0.1) is 11.4 Å². The van der Waals surface area contributed by atoms with E-state index < -0.39 is 16.0 Å². The van der Waals surface area contributed by atoms with E-state index in [1.54, 1.807) is 23.7 Å². The zero-order chi connectivity index (χ0) is 16.5. The van der Waals surface area contributed by atoms with Crippen LogP contribution >= 0.6 is 0 Å². The first-order chi connectivity index (χ1) is 10.2. The average Bonchev–Trinajstić information content (AvgIpc) is 2.68. The van der Waals surface area contributed by atoms with Gasteiger partial charge in [0.2, 0.25) is 0 Å². The van der Waals surface area contributed by atoms with E-state index >= 15 is 0 Å². The van der Waals surface area contributed by atoms with E-state index in [0.29, 0.717) is 11.4 Å². The maximum Gasteiger partial charge on any atom is 0.295 e. The second-order valence-corrected chi connectivity index (χ2v) is 6.71. The van der Waals surface area contributed by atoms with Crippen LogP contribution < -0.4 is 10.9 Å². The van der Waals surface area contributed by atoms with Crippen LogP contribution in [-0.4, -0.2) is 28.2 Å². The van der Waals surface area contributed by atoms with Crippen molar-refractivity contribution in [3.8, 4) is 5.69 Å². The fourth-order valence-electron chi connectivity index (χ4n) is 2.42. The number of hydrogen-bond acceptors (Lipinski definition) is 4. The molecule has 120 valence electrons. The number of hydrogen-bond donors (Lipinski definition) is 2. The molecular weight excluding hydrogens is 306 g/mol. The van der Waals surface area contributed by atoms with Crippen LogP contribution in [0, 0.1) is 6.92 Å². The Morgan fingerprint density at radius 2 is 1.82 bits per heavy atom. The molecule has 0 aliphatic rings. The molecule has 2 N–H and O–H groups in total. The summed E-state index contributed by atoms with van der Waals surface area (Å²) in [6.45, 7) is 5.59. The SMILES string of the molecule is Cc1c(NCS(=O)(=O)O)c(=O)n(-c2ccccc2)n1C(C)C. The van der Waals surface area contributed by atoms with Crippen molar-refractivity contribution in [3.05, 3.63) is 46.4 Å². The van der Waals surface area contributed by atoms with Crippen molar-refractivity contribution in [3.63, 3.8) is 0 Å². The number of benzene rings is 1. The van der Waals surface area contributed by atoms with E-state index in [9.17, 15) is 13.2 Å². The maximum atomic E-state index is 12.6. The number of aromatic nitrogens is 2. The fourth-order valence-corrected chi connectivity index (χ4v) is 2.75. The second kappa shape index (κ2) is 5.98. The first kappa shape index (κ1) is 16.3. The normalized spacial score (nSPS) is 11.9. The lowest BCUT2D eigenvalue weighted by atomic mass is 10.3. The number of anilines is 1. The van der Waals surface area contributed by atoms with Gasteiger partial charge in [-0.2, -0.15) is 8.42 Å². The smallest absolute Gasteiger partial charge is 0.295 e. The molecule has 2 aromatic rings. The molecule has 0 aliphatic carbocycles. The molecule has 2 rings (SSSR count). The molecule has 0 aliphatic heterocycles. The predicted octanol–water partition coefficient (Wildman–Crippen LogP) is 1.79. The number of nitrogens with zero attached hydrogens (tertiary/aromatic N) is 2. The molecule has 1 aromatic heterocycles. The van der Waals surface area contributed by atoms with Gasteiger partial charge in [-0.15, -0.1) is 0 Å². The van der Waals surface area contributed by atoms with Gasteiger partial charge in [0.1, 0.15) is 11.6 Å². The van der Waals surface area contributed by atoms with Gasteiger partial charge >= 0.3 is 0 Å². The van der Waals surface area contributed by atoms with Crippen molar-refractivity contribution < 1.29 is 13.0 Å². The lowest BCUT2D eigenvalue weighted by Crippen LogP contribution is -2.24. The minimum absolute atomic E-state index is 0.00538. The number of rotatable bonds is 5. The largest absolute Gasteiger partial charge is 0.364 e. The number of para-hydroxylation sites is 1. The molecule has 1 heterocycles. The Bertz CT molecular complexity index is 820. The summed E-state index contributed by atoms with van der Waals surface area (Å²) >= 11 is 0. The summed E-state index contributed by atoms with van der Waals surface area (Å²) in [5.41, 5.74) is 1.09. The average molecular weight is 325 g/mol. The third kappa shape index (κ3) is 3.23. The third-order valence-electron chi connectivity index (χ3n) is 3.25. The molecule has 0 radical (unpaired) electrons. The van der Waals surface area contributed by atoms with Gasteiger partial charge in [-0.05, 0) is 32.9 Å². The van der Waals surface area contributed by atoms with Gasteiger partial charge in [-0.3, -0.25) is 14.0 Å². The highest BCUT2D eigenvalue weighted by molar-refractivity contribution is 7.85. The Kier molecular flexibility index (Phi) is 4.43. The first-order valence-corrected chi connectivity index (χ1v) is 8.42. The fraction of sp³-hybridized carbons (Fsp3) is 0.357. The van der Waals surface area contributed by atoms with Crippen molar-refractivity contribution in [2.45, 2.75) is 26.8 Å². The van der Waals surface area contributed by atoms with Crippen LogP contribution in [-0.2, 0) is 10.1 Å². The highest BCUT2D eigenvalue weighted by Crippen LogP contribution is 2.19. The van der Waals surface area contributed by atoms with Crippen molar-refractivity contribution in [2.75, 3.05) is 11.2 Å². The predicted molar refractivity (Wildman–Crippen MR) is 85.2 cm³/mol. The molecule has 22 heavy (non-hydrogen) atoms. The highest BCUT2D eigenvalue weighted by Gasteiger charge is 2.20. The van der Waals surface area contributed by atoms with Gasteiger partial charge in [-0.1, -0.05) is 18.2 Å². The van der Waals surface area contributed by atoms with Crippen molar-refractivity contribution in [2.24, 2.45) is 0 Å². The molecule has 0 saturated heterocycles. The Morgan fingerprint density at radius 1 is 1.23 bits per heavy atom. The summed E-state index contributed by atoms with van der Waals surface area (Å²) in [6.07, 6.45) is 0. The van der Waals surface area contributed by atoms with Crippen LogP contribution in [0.1, 0.15) is 25.6 Å². The maximum absolute atomic E-state index is 12.6. The zero-order valence-electron chi connectivity index (χ0n) is 12.6. The molecule has 0 unspecified atom stereocenters. The van der Waals surface area contributed by atoms with E-state index in [2.05, 4.69) is 5.32 Å². The summed E-state index contributed by atoms with van der Waals surface area (Å²) in [5.74, 6) is -0.708. The van der Waals surface area contributed by atoms with Crippen LogP contribution in [0.2, 0.25) is 0 Å². The molecule has 0 fully saturated rings. The quantitative estimate of drug-likeness (QED) is 0.818. The summed E-state index contributed by atoms with van der Waals surface area (Å²) in [5, 5.41) is 2.51. The summed E-state index contributed by atoms with van der Waals surface area (Å²) < 4.78 is 33.9. The summed E-state index contributed by atoms with van der Waals surface area (Å²) in [7, 11) is -4.21. The van der Waals surface area contributed by atoms with Crippen molar-refractivity contribution >= 4 is 15.8 Å². The third-order valence-corrected chi connectivity index (χ3v) is 3.76. The first-order valence-electron chi connectivity index (χ1n) is 6.81. The molecule has 7 nitrogen and oxygen atoms in total. The Hall–Kier alpha value is -2.06. The monoisotopic (exact) mass is 325 g/mol. The minimum atomic E-state index is -4.21. The van der Waals surface area contributed by atoms with Crippen LogP contribution in [0.15, 0.2) is 35.1 Å². The molecule has 0 atom stereocenters. The van der Waals surface area contributed by atoms with Crippen LogP contribution in [0.3, 0.4) is 0 Å². The Balaban J connectivity index is 2.61. The lowest BCUT2D eigenvalue weighted by molar-refractivity contribution is 0.467. The standard InChI is InChI=1S/C14H19N3O4S/c1-10(2)16-11(3)13(15-9-22(19,20)21)14(18)17(16)12-7-5-4-6-8-12/h4-8,10,15H,9H2,1-3H3,(H,19,20,21). The van der Waals surface area contributed by atoms with E-state index in [-0.39, 0.29) is 17.3 Å². The molecule has 0 saturated carbocycles. The van der Waals surface area contributed by atoms with Gasteiger partial charge in [0, 0.05) is 6.04 Å².